The molecule has 2 N–H and O–H groups in total. The molecule has 5 heteroatoms. The summed E-state index contributed by atoms with van der Waals surface area (Å²) in [5.74, 6) is 0.457. The van der Waals surface area contributed by atoms with Gasteiger partial charge in [-0.15, -0.1) is 0 Å². The molecule has 134 valence electrons. The first-order valence-electron chi connectivity index (χ1n) is 8.46. The average molecular weight is 343 g/mol. The zero-order chi connectivity index (χ0) is 18.1. The molecule has 0 saturated heterocycles. The molecule has 0 aromatic heterocycles. The molecule has 0 heterocycles. The Bertz CT molecular complexity index is 673. The Morgan fingerprint density at radius 3 is 2.56 bits per heavy atom. The molecule has 0 fully saturated rings. The van der Waals surface area contributed by atoms with Crippen molar-refractivity contribution >= 4 is 5.97 Å². The normalized spacial score (nSPS) is 11.8. The highest BCUT2D eigenvalue weighted by Crippen LogP contribution is 2.28. The van der Waals surface area contributed by atoms with Gasteiger partial charge in [-0.25, -0.2) is 0 Å². The highest BCUT2D eigenvalue weighted by Gasteiger charge is 2.19. The molecule has 25 heavy (non-hydrogen) atoms. The first-order chi connectivity index (χ1) is 12.2. The summed E-state index contributed by atoms with van der Waals surface area (Å²) >= 11 is 0. The van der Waals surface area contributed by atoms with Crippen LogP contribution >= 0.6 is 0 Å². The lowest BCUT2D eigenvalue weighted by molar-refractivity contribution is -0.139. The van der Waals surface area contributed by atoms with Gasteiger partial charge in [-0.05, 0) is 29.7 Å². The van der Waals surface area contributed by atoms with Gasteiger partial charge in [-0.3, -0.25) is 10.1 Å². The van der Waals surface area contributed by atoms with E-state index in [0.717, 1.165) is 24.0 Å². The van der Waals surface area contributed by atoms with E-state index >= 15 is 0 Å². The van der Waals surface area contributed by atoms with E-state index in [9.17, 15) is 9.90 Å². The Morgan fingerprint density at radius 1 is 1.16 bits per heavy atom. The maximum Gasteiger partial charge on any atom is 0.325 e. The van der Waals surface area contributed by atoms with Gasteiger partial charge in [0.15, 0.2) is 11.5 Å². The zero-order valence-corrected chi connectivity index (χ0v) is 14.7. The Kier molecular flexibility index (Phi) is 7.29. The number of carboxylic acid groups (broad SMARTS) is 1. The number of unbranched alkanes of at least 4 members (excludes halogenated alkanes) is 1. The molecule has 0 radical (unpaired) electrons. The number of carboxylic acids is 1. The second-order valence-electron chi connectivity index (χ2n) is 5.75. The quantitative estimate of drug-likeness (QED) is 0.643. The number of ether oxygens (including phenoxy) is 2. The number of aliphatic carboxylic acids is 1. The summed E-state index contributed by atoms with van der Waals surface area (Å²) in [5, 5.41) is 12.6. The molecule has 0 bridgehead atoms. The van der Waals surface area contributed by atoms with Crippen LogP contribution in [0.15, 0.2) is 48.5 Å². The highest BCUT2D eigenvalue weighted by molar-refractivity contribution is 5.75. The number of methoxy groups -OCH3 is 1. The van der Waals surface area contributed by atoms with Crippen LogP contribution in [0.2, 0.25) is 0 Å². The van der Waals surface area contributed by atoms with E-state index in [1.165, 1.54) is 0 Å². The Morgan fingerprint density at radius 2 is 1.92 bits per heavy atom. The minimum Gasteiger partial charge on any atom is -0.493 e. The molecule has 0 aliphatic rings. The predicted molar refractivity (Wildman–Crippen MR) is 97.1 cm³/mol. The average Bonchev–Trinajstić information content (AvgIpc) is 2.63. The molecule has 0 aliphatic heterocycles. The van der Waals surface area contributed by atoms with Crippen LogP contribution in [0.5, 0.6) is 11.5 Å². The largest absolute Gasteiger partial charge is 0.493 e. The van der Waals surface area contributed by atoms with Crippen LogP contribution in [-0.2, 0) is 11.3 Å². The molecule has 1 atom stereocenters. The molecule has 0 spiro atoms. The molecule has 0 aliphatic carbocycles. The number of rotatable bonds is 10. The van der Waals surface area contributed by atoms with Crippen molar-refractivity contribution in [2.45, 2.75) is 32.4 Å². The van der Waals surface area contributed by atoms with E-state index in [2.05, 4.69) is 12.2 Å². The van der Waals surface area contributed by atoms with Crippen molar-refractivity contribution in [2.75, 3.05) is 13.7 Å². The van der Waals surface area contributed by atoms with E-state index in [1.54, 1.807) is 19.2 Å². The van der Waals surface area contributed by atoms with Crippen molar-refractivity contribution < 1.29 is 19.4 Å². The summed E-state index contributed by atoms with van der Waals surface area (Å²) in [4.78, 5) is 11.6. The monoisotopic (exact) mass is 343 g/mol. The van der Waals surface area contributed by atoms with Crippen molar-refractivity contribution in [1.29, 1.82) is 0 Å². The van der Waals surface area contributed by atoms with Gasteiger partial charge in [0.2, 0.25) is 0 Å². The fraction of sp³-hybridized carbons (Fsp3) is 0.350. The van der Waals surface area contributed by atoms with Crippen molar-refractivity contribution in [2.24, 2.45) is 0 Å². The summed E-state index contributed by atoms with van der Waals surface area (Å²) in [6.45, 7) is 3.15. The molecule has 5 nitrogen and oxygen atoms in total. The topological polar surface area (TPSA) is 67.8 Å². The molecule has 0 unspecified atom stereocenters. The lowest BCUT2D eigenvalue weighted by Crippen LogP contribution is -2.28. The molecule has 2 rings (SSSR count). The number of hydrogen-bond donors (Lipinski definition) is 2. The van der Waals surface area contributed by atoms with Crippen LogP contribution < -0.4 is 14.8 Å². The maximum atomic E-state index is 11.6. The predicted octanol–water partition coefficient (Wildman–Crippen LogP) is 3.79. The fourth-order valence-electron chi connectivity index (χ4n) is 2.48. The van der Waals surface area contributed by atoms with Gasteiger partial charge in [0, 0.05) is 6.54 Å². The first-order valence-corrected chi connectivity index (χ1v) is 8.46. The fourth-order valence-corrected chi connectivity index (χ4v) is 2.48. The van der Waals surface area contributed by atoms with E-state index in [1.807, 2.05) is 36.4 Å². The third kappa shape index (κ3) is 5.50. The summed E-state index contributed by atoms with van der Waals surface area (Å²) in [6, 6.07) is 14.0. The van der Waals surface area contributed by atoms with E-state index in [0.29, 0.717) is 24.7 Å². The lowest BCUT2D eigenvalue weighted by Gasteiger charge is -2.16. The molecule has 2 aromatic rings. The van der Waals surface area contributed by atoms with Crippen molar-refractivity contribution in [3.8, 4) is 11.5 Å². The van der Waals surface area contributed by atoms with Gasteiger partial charge < -0.3 is 14.6 Å². The molecule has 0 saturated carbocycles. The van der Waals surface area contributed by atoms with E-state index in [-0.39, 0.29) is 0 Å². The van der Waals surface area contributed by atoms with Gasteiger partial charge in [-0.1, -0.05) is 49.7 Å². The van der Waals surface area contributed by atoms with Gasteiger partial charge >= 0.3 is 5.97 Å². The minimum absolute atomic E-state index is 0.417. The maximum absolute atomic E-state index is 11.6. The Hall–Kier alpha value is -2.53. The van der Waals surface area contributed by atoms with Gasteiger partial charge in [-0.2, -0.15) is 0 Å². The van der Waals surface area contributed by atoms with Crippen LogP contribution in [0.25, 0.3) is 0 Å². The summed E-state index contributed by atoms with van der Waals surface area (Å²) in [5.41, 5.74) is 1.66. The summed E-state index contributed by atoms with van der Waals surface area (Å²) in [7, 11) is 1.61. The van der Waals surface area contributed by atoms with E-state index in [4.69, 9.17) is 9.47 Å². The third-order valence-electron chi connectivity index (χ3n) is 3.87. The highest BCUT2D eigenvalue weighted by atomic mass is 16.5. The second-order valence-corrected chi connectivity index (χ2v) is 5.75. The lowest BCUT2D eigenvalue weighted by atomic mass is 10.1. The smallest absolute Gasteiger partial charge is 0.325 e. The van der Waals surface area contributed by atoms with Crippen LogP contribution in [0, 0.1) is 0 Å². The minimum atomic E-state index is -0.904. The number of benzene rings is 2. The van der Waals surface area contributed by atoms with Crippen LogP contribution in [0.3, 0.4) is 0 Å². The van der Waals surface area contributed by atoms with E-state index < -0.39 is 12.0 Å². The van der Waals surface area contributed by atoms with Crippen LogP contribution in [0.4, 0.5) is 0 Å². The van der Waals surface area contributed by atoms with Crippen LogP contribution in [-0.4, -0.2) is 24.8 Å². The Labute approximate surface area is 148 Å². The number of carbonyl (C=O) groups is 1. The molecular weight excluding hydrogens is 318 g/mol. The Balaban J connectivity index is 2.08. The second kappa shape index (κ2) is 9.69. The first kappa shape index (κ1) is 18.8. The standard InChI is InChI=1S/C20H25NO4/c1-3-4-12-25-18-13-15(10-11-17(18)24-2)14-21-19(20(22)23)16-8-6-5-7-9-16/h5-11,13,19,21H,3-4,12,14H2,1-2H3,(H,22,23)/t19-/m1/s1. The molecular formula is C20H25NO4. The SMILES string of the molecule is CCCCOc1cc(CN[C@@H](C(=O)O)c2ccccc2)ccc1OC. The number of hydrogen-bond acceptors (Lipinski definition) is 4. The third-order valence-corrected chi connectivity index (χ3v) is 3.87. The van der Waals surface area contributed by atoms with Gasteiger partial charge in [0.1, 0.15) is 6.04 Å². The molecule has 0 amide bonds. The van der Waals surface area contributed by atoms with Crippen molar-refractivity contribution in [1.82, 2.24) is 5.32 Å². The van der Waals surface area contributed by atoms with Gasteiger partial charge in [0.25, 0.3) is 0 Å². The molecule has 2 aromatic carbocycles. The number of nitrogens with one attached hydrogen (secondary N) is 1. The zero-order valence-electron chi connectivity index (χ0n) is 14.7. The van der Waals surface area contributed by atoms with Crippen molar-refractivity contribution in [3.63, 3.8) is 0 Å². The summed E-state index contributed by atoms with van der Waals surface area (Å²) in [6.07, 6.45) is 2.03. The summed E-state index contributed by atoms with van der Waals surface area (Å²) < 4.78 is 11.1. The van der Waals surface area contributed by atoms with Crippen molar-refractivity contribution in [3.05, 3.63) is 59.7 Å². The van der Waals surface area contributed by atoms with Crippen LogP contribution in [0.1, 0.15) is 36.9 Å². The van der Waals surface area contributed by atoms with Gasteiger partial charge in [0.05, 0.1) is 13.7 Å².